The molecule has 0 aliphatic carbocycles. The molecule has 1 atom stereocenters. The Morgan fingerprint density at radius 3 is 2.68 bits per heavy atom. The van der Waals surface area contributed by atoms with Crippen molar-refractivity contribution in [2.45, 2.75) is 33.2 Å². The number of amidine groups is 1. The summed E-state index contributed by atoms with van der Waals surface area (Å²) in [7, 11) is 0. The fourth-order valence-electron chi connectivity index (χ4n) is 1.80. The minimum Gasteiger partial charge on any atom is -0.409 e. The van der Waals surface area contributed by atoms with Gasteiger partial charge in [-0.1, -0.05) is 48.8 Å². The predicted molar refractivity (Wildman–Crippen MR) is 79.7 cm³/mol. The number of benzene rings is 1. The Hall–Kier alpha value is -1.26. The molecule has 0 saturated heterocycles. The second-order valence-electron chi connectivity index (χ2n) is 5.32. The van der Waals surface area contributed by atoms with Crippen molar-refractivity contribution in [3.63, 3.8) is 0 Å². The normalized spacial score (nSPS) is 14.4. The van der Waals surface area contributed by atoms with Gasteiger partial charge in [0.25, 0.3) is 0 Å². The molecule has 0 aliphatic rings. The summed E-state index contributed by atoms with van der Waals surface area (Å²) in [6.45, 7) is 6.72. The van der Waals surface area contributed by atoms with Gasteiger partial charge in [0.2, 0.25) is 0 Å². The van der Waals surface area contributed by atoms with Crippen LogP contribution in [0, 0.1) is 5.41 Å². The summed E-state index contributed by atoms with van der Waals surface area (Å²) in [4.78, 5) is 0. The molecular formula is C14H22ClN3O. The highest BCUT2D eigenvalue weighted by Gasteiger charge is 2.23. The van der Waals surface area contributed by atoms with Crippen molar-refractivity contribution in [1.29, 1.82) is 0 Å². The molecule has 0 unspecified atom stereocenters. The van der Waals surface area contributed by atoms with Crippen molar-refractivity contribution in [3.8, 4) is 0 Å². The zero-order valence-electron chi connectivity index (χ0n) is 11.7. The molecule has 4 N–H and O–H groups in total. The number of hydrogen-bond acceptors (Lipinski definition) is 3. The average Bonchev–Trinajstić information content (AvgIpc) is 2.37. The van der Waals surface area contributed by atoms with E-state index in [2.05, 4.69) is 17.4 Å². The van der Waals surface area contributed by atoms with E-state index >= 15 is 0 Å². The number of nitrogens with zero attached hydrogens (tertiary/aromatic N) is 1. The molecule has 0 amide bonds. The van der Waals surface area contributed by atoms with Gasteiger partial charge in [0, 0.05) is 16.5 Å². The molecule has 106 valence electrons. The smallest absolute Gasteiger partial charge is 0.144 e. The van der Waals surface area contributed by atoms with E-state index in [9.17, 15) is 0 Å². The van der Waals surface area contributed by atoms with Crippen LogP contribution in [0.1, 0.15) is 38.8 Å². The van der Waals surface area contributed by atoms with Crippen LogP contribution in [0.3, 0.4) is 0 Å². The van der Waals surface area contributed by atoms with Gasteiger partial charge in [-0.2, -0.15) is 0 Å². The lowest BCUT2D eigenvalue weighted by atomic mass is 9.88. The highest BCUT2D eigenvalue weighted by molar-refractivity contribution is 6.31. The Balaban J connectivity index is 2.52. The summed E-state index contributed by atoms with van der Waals surface area (Å²) < 4.78 is 0. The molecule has 1 aromatic rings. The van der Waals surface area contributed by atoms with E-state index in [0.29, 0.717) is 0 Å². The molecular weight excluding hydrogens is 262 g/mol. The molecule has 1 rings (SSSR count). The van der Waals surface area contributed by atoms with Gasteiger partial charge in [-0.05, 0) is 31.5 Å². The Kier molecular flexibility index (Phi) is 5.63. The molecule has 0 saturated carbocycles. The van der Waals surface area contributed by atoms with Gasteiger partial charge in [-0.3, -0.25) is 0 Å². The van der Waals surface area contributed by atoms with E-state index in [0.717, 1.165) is 23.6 Å². The summed E-state index contributed by atoms with van der Waals surface area (Å²) in [6, 6.07) is 7.95. The van der Waals surface area contributed by atoms with E-state index in [-0.39, 0.29) is 17.3 Å². The van der Waals surface area contributed by atoms with Crippen molar-refractivity contribution >= 4 is 17.4 Å². The van der Waals surface area contributed by atoms with E-state index < -0.39 is 0 Å². The number of rotatable bonds is 6. The minimum absolute atomic E-state index is 0.164. The number of nitrogens with one attached hydrogen (secondary N) is 1. The van der Waals surface area contributed by atoms with Crippen LogP contribution in [0.2, 0.25) is 5.02 Å². The standard InChI is InChI=1S/C14H22ClN3O/c1-10(11-6-4-5-7-12(11)15)17-9-8-14(2,3)13(16)18-19/h4-7,10,17,19H,8-9H2,1-3H3,(H2,16,18)/t10-/m0/s1. The molecule has 5 heteroatoms. The molecule has 0 aliphatic heterocycles. The summed E-state index contributed by atoms with van der Waals surface area (Å²) >= 11 is 6.15. The van der Waals surface area contributed by atoms with E-state index in [1.54, 1.807) is 0 Å². The van der Waals surface area contributed by atoms with Crippen LogP contribution >= 0.6 is 11.6 Å². The van der Waals surface area contributed by atoms with E-state index in [4.69, 9.17) is 22.5 Å². The van der Waals surface area contributed by atoms with E-state index in [1.165, 1.54) is 0 Å². The maximum absolute atomic E-state index is 8.72. The number of nitrogens with two attached hydrogens (primary N) is 1. The third-order valence-corrected chi connectivity index (χ3v) is 3.72. The molecule has 0 bridgehead atoms. The highest BCUT2D eigenvalue weighted by atomic mass is 35.5. The lowest BCUT2D eigenvalue weighted by Gasteiger charge is -2.24. The monoisotopic (exact) mass is 283 g/mol. The molecule has 0 radical (unpaired) electrons. The second-order valence-corrected chi connectivity index (χ2v) is 5.72. The van der Waals surface area contributed by atoms with Crippen LogP contribution in [0.25, 0.3) is 0 Å². The van der Waals surface area contributed by atoms with Crippen molar-refractivity contribution in [1.82, 2.24) is 5.32 Å². The van der Waals surface area contributed by atoms with Crippen LogP contribution in [-0.2, 0) is 0 Å². The Labute approximate surface area is 119 Å². The van der Waals surface area contributed by atoms with Gasteiger partial charge in [0.15, 0.2) is 0 Å². The third-order valence-electron chi connectivity index (χ3n) is 3.37. The maximum atomic E-state index is 8.72. The Morgan fingerprint density at radius 2 is 2.11 bits per heavy atom. The fraction of sp³-hybridized carbons (Fsp3) is 0.500. The fourth-order valence-corrected chi connectivity index (χ4v) is 2.10. The first-order valence-electron chi connectivity index (χ1n) is 6.34. The average molecular weight is 284 g/mol. The van der Waals surface area contributed by atoms with Crippen molar-refractivity contribution in [2.75, 3.05) is 6.54 Å². The third kappa shape index (κ3) is 4.40. The number of hydrogen-bond donors (Lipinski definition) is 3. The zero-order valence-corrected chi connectivity index (χ0v) is 12.4. The predicted octanol–water partition coefficient (Wildman–Crippen LogP) is 3.15. The van der Waals surface area contributed by atoms with Crippen LogP contribution < -0.4 is 11.1 Å². The van der Waals surface area contributed by atoms with Crippen LogP contribution in [0.4, 0.5) is 0 Å². The van der Waals surface area contributed by atoms with Gasteiger partial charge >= 0.3 is 0 Å². The summed E-state index contributed by atoms with van der Waals surface area (Å²) in [5.41, 5.74) is 6.40. The maximum Gasteiger partial charge on any atom is 0.144 e. The summed E-state index contributed by atoms with van der Waals surface area (Å²) in [5.74, 6) is 0.250. The zero-order chi connectivity index (χ0) is 14.5. The molecule has 0 fully saturated rings. The topological polar surface area (TPSA) is 70.6 Å². The van der Waals surface area contributed by atoms with Crippen molar-refractivity contribution in [2.24, 2.45) is 16.3 Å². The lowest BCUT2D eigenvalue weighted by molar-refractivity contribution is 0.304. The van der Waals surface area contributed by atoms with Gasteiger partial charge < -0.3 is 16.3 Å². The van der Waals surface area contributed by atoms with Gasteiger partial charge in [0.05, 0.1) is 0 Å². The first-order valence-corrected chi connectivity index (χ1v) is 6.72. The summed E-state index contributed by atoms with van der Waals surface area (Å²) in [5, 5.41) is 16.0. The Morgan fingerprint density at radius 1 is 1.47 bits per heavy atom. The van der Waals surface area contributed by atoms with Crippen LogP contribution in [0.5, 0.6) is 0 Å². The highest BCUT2D eigenvalue weighted by Crippen LogP contribution is 2.23. The first kappa shape index (κ1) is 15.8. The van der Waals surface area contributed by atoms with E-state index in [1.807, 2.05) is 38.1 Å². The second kappa shape index (κ2) is 6.78. The van der Waals surface area contributed by atoms with Gasteiger partial charge in [-0.15, -0.1) is 0 Å². The SMILES string of the molecule is C[C@H](NCCC(C)(C)/C(N)=N/O)c1ccccc1Cl. The molecule has 4 nitrogen and oxygen atoms in total. The first-order chi connectivity index (χ1) is 8.88. The molecule has 1 aromatic carbocycles. The van der Waals surface area contributed by atoms with Gasteiger partial charge in [-0.25, -0.2) is 0 Å². The summed E-state index contributed by atoms with van der Waals surface area (Å²) in [6.07, 6.45) is 0.775. The molecule has 0 heterocycles. The quantitative estimate of drug-likeness (QED) is 0.325. The van der Waals surface area contributed by atoms with Crippen LogP contribution in [0.15, 0.2) is 29.4 Å². The molecule has 0 aromatic heterocycles. The lowest BCUT2D eigenvalue weighted by Crippen LogP contribution is -2.35. The largest absolute Gasteiger partial charge is 0.409 e. The number of oxime groups is 1. The van der Waals surface area contributed by atoms with Crippen molar-refractivity contribution in [3.05, 3.63) is 34.9 Å². The number of halogens is 1. The Bertz CT molecular complexity index is 446. The molecule has 19 heavy (non-hydrogen) atoms. The minimum atomic E-state index is -0.331. The van der Waals surface area contributed by atoms with Crippen LogP contribution in [-0.4, -0.2) is 17.6 Å². The van der Waals surface area contributed by atoms with Gasteiger partial charge in [0.1, 0.15) is 5.84 Å². The van der Waals surface area contributed by atoms with Crippen molar-refractivity contribution < 1.29 is 5.21 Å². The molecule has 0 spiro atoms.